The van der Waals surface area contributed by atoms with Crippen LogP contribution in [0, 0.1) is 34.6 Å². The molecular weight excluding hydrogens is 576 g/mol. The molecule has 232 valence electrons. The number of rotatable bonds is 0. The second-order valence-corrected chi connectivity index (χ2v) is 9.38. The average Bonchev–Trinajstić information content (AvgIpc) is 3.86. The SMILES string of the molecule is Cc1ccccn1.Cc1ncccn1.Cc1ncco1.Cc1ncco1.Cc1nccs1.Cn1cccn1.Cn1cccn1. The summed E-state index contributed by atoms with van der Waals surface area (Å²) in [5, 5.41) is 10.8. The molecule has 13 heteroatoms. The molecule has 0 aliphatic rings. The third-order valence-electron chi connectivity index (χ3n) is 4.45. The Labute approximate surface area is 262 Å². The molecule has 44 heavy (non-hydrogen) atoms. The quantitative estimate of drug-likeness (QED) is 0.187. The van der Waals surface area contributed by atoms with Crippen molar-refractivity contribution in [2.75, 3.05) is 0 Å². The molecule has 7 heterocycles. The third-order valence-corrected chi connectivity index (χ3v) is 5.15. The number of thiazole rings is 1. The number of pyridine rings is 1. The Hall–Kier alpha value is -5.30. The van der Waals surface area contributed by atoms with Crippen LogP contribution in [0.1, 0.15) is 28.3 Å². The molecule has 0 atom stereocenters. The molecule has 0 aromatic carbocycles. The van der Waals surface area contributed by atoms with E-state index in [1.54, 1.807) is 103 Å². The Bertz CT molecular complexity index is 1270. The minimum Gasteiger partial charge on any atom is -0.449 e. The van der Waals surface area contributed by atoms with Crippen LogP contribution in [0.3, 0.4) is 0 Å². The van der Waals surface area contributed by atoms with Crippen LogP contribution in [0.5, 0.6) is 0 Å². The van der Waals surface area contributed by atoms with E-state index in [0.717, 1.165) is 28.3 Å². The van der Waals surface area contributed by atoms with Crippen molar-refractivity contribution in [3.05, 3.63) is 145 Å². The lowest BCUT2D eigenvalue weighted by atomic mass is 10.4. The van der Waals surface area contributed by atoms with Crippen LogP contribution >= 0.6 is 11.3 Å². The van der Waals surface area contributed by atoms with E-state index in [2.05, 4.69) is 40.1 Å². The van der Waals surface area contributed by atoms with Crippen molar-refractivity contribution in [2.45, 2.75) is 34.6 Å². The van der Waals surface area contributed by atoms with Crippen molar-refractivity contribution in [1.29, 1.82) is 0 Å². The van der Waals surface area contributed by atoms with Crippen molar-refractivity contribution < 1.29 is 8.83 Å². The van der Waals surface area contributed by atoms with Gasteiger partial charge >= 0.3 is 0 Å². The zero-order valence-electron chi connectivity index (χ0n) is 26.2. The normalized spacial score (nSPS) is 8.80. The molecule has 0 bridgehead atoms. The smallest absolute Gasteiger partial charge is 0.190 e. The summed E-state index contributed by atoms with van der Waals surface area (Å²) in [6.07, 6.45) is 20.7. The van der Waals surface area contributed by atoms with Crippen LogP contribution in [-0.2, 0) is 14.1 Å². The first-order chi connectivity index (χ1) is 21.3. The molecule has 7 aromatic heterocycles. The molecule has 0 amide bonds. The van der Waals surface area contributed by atoms with Crippen LogP contribution in [-0.4, -0.2) is 49.5 Å². The van der Waals surface area contributed by atoms with Gasteiger partial charge in [0.15, 0.2) is 11.8 Å². The summed E-state index contributed by atoms with van der Waals surface area (Å²) in [6, 6.07) is 11.4. The van der Waals surface area contributed by atoms with Crippen molar-refractivity contribution in [3.8, 4) is 0 Å². The van der Waals surface area contributed by atoms with Gasteiger partial charge in [0.2, 0.25) is 0 Å². The Morgan fingerprint density at radius 1 is 0.545 bits per heavy atom. The summed E-state index contributed by atoms with van der Waals surface area (Å²) in [6.45, 7) is 9.44. The molecular formula is C31H40N10O2S. The van der Waals surface area contributed by atoms with Crippen LogP contribution in [0.25, 0.3) is 0 Å². The summed E-state index contributed by atoms with van der Waals surface area (Å²) >= 11 is 1.67. The Kier molecular flexibility index (Phi) is 20.3. The summed E-state index contributed by atoms with van der Waals surface area (Å²) in [5.41, 5.74) is 1.07. The molecule has 7 aromatic rings. The first-order valence-corrected chi connectivity index (χ1v) is 14.2. The van der Waals surface area contributed by atoms with Gasteiger partial charge in [0.25, 0.3) is 0 Å². The molecule has 0 aliphatic heterocycles. The minimum absolute atomic E-state index is 0.718. The van der Waals surface area contributed by atoms with E-state index in [1.165, 1.54) is 0 Å². The van der Waals surface area contributed by atoms with Crippen LogP contribution in [0.15, 0.2) is 125 Å². The highest BCUT2D eigenvalue weighted by Crippen LogP contribution is 1.98. The molecule has 7 rings (SSSR count). The topological polar surface area (TPSA) is 139 Å². The number of hydrogen-bond acceptors (Lipinski definition) is 11. The van der Waals surface area contributed by atoms with Crippen molar-refractivity contribution >= 4 is 11.3 Å². The standard InChI is InChI=1S/C6H7N.C5H6N2.2C4H6N2.2C4H5NO.C4H5NS/c1-6-4-2-3-5-7-6;1-5-6-3-2-4-7-5;2*1-6-4-2-3-5-6;3*1-4-5-2-3-6-4/h2-5H,1H3;2-4H,1H3;2*2-4H,1H3;3*2-3H,1H3. The van der Waals surface area contributed by atoms with Gasteiger partial charge in [-0.05, 0) is 51.1 Å². The summed E-state index contributed by atoms with van der Waals surface area (Å²) in [5.74, 6) is 2.26. The van der Waals surface area contributed by atoms with Gasteiger partial charge in [-0.2, -0.15) is 10.2 Å². The highest BCUT2D eigenvalue weighted by atomic mass is 32.1. The lowest BCUT2D eigenvalue weighted by Gasteiger charge is -1.82. The zero-order valence-corrected chi connectivity index (χ0v) is 27.0. The Balaban J connectivity index is 0.000000257. The molecule has 0 fully saturated rings. The van der Waals surface area contributed by atoms with Gasteiger partial charge in [0.05, 0.1) is 17.4 Å². The molecule has 0 saturated carbocycles. The highest BCUT2D eigenvalue weighted by Gasteiger charge is 1.79. The van der Waals surface area contributed by atoms with Gasteiger partial charge in [-0.15, -0.1) is 11.3 Å². The fourth-order valence-corrected chi connectivity index (χ4v) is 2.84. The van der Waals surface area contributed by atoms with Crippen LogP contribution in [0.2, 0.25) is 0 Å². The van der Waals surface area contributed by atoms with Crippen molar-refractivity contribution in [2.24, 2.45) is 14.1 Å². The average molecular weight is 617 g/mol. The molecule has 0 unspecified atom stereocenters. The van der Waals surface area contributed by atoms with Gasteiger partial charge in [0, 0.05) is 88.6 Å². The zero-order chi connectivity index (χ0) is 32.3. The predicted octanol–water partition coefficient (Wildman–Crippen LogP) is 6.43. The predicted molar refractivity (Wildman–Crippen MR) is 171 cm³/mol. The lowest BCUT2D eigenvalue weighted by molar-refractivity contribution is 0.521. The summed E-state index contributed by atoms with van der Waals surface area (Å²) < 4.78 is 12.9. The monoisotopic (exact) mass is 616 g/mol. The number of aryl methyl sites for hydroxylation is 7. The Morgan fingerprint density at radius 2 is 1.09 bits per heavy atom. The second-order valence-electron chi connectivity index (χ2n) is 8.28. The Morgan fingerprint density at radius 3 is 1.25 bits per heavy atom. The largest absolute Gasteiger partial charge is 0.449 e. The molecule has 0 radical (unpaired) electrons. The van der Waals surface area contributed by atoms with Gasteiger partial charge in [0.1, 0.15) is 18.4 Å². The number of hydrogen-bond donors (Lipinski definition) is 0. The first kappa shape index (κ1) is 36.7. The lowest BCUT2D eigenvalue weighted by Crippen LogP contribution is -1.83. The first-order valence-electron chi connectivity index (χ1n) is 13.3. The molecule has 12 nitrogen and oxygen atoms in total. The summed E-state index contributed by atoms with van der Waals surface area (Å²) in [4.78, 5) is 23.2. The highest BCUT2D eigenvalue weighted by molar-refractivity contribution is 7.09. The van der Waals surface area contributed by atoms with Crippen molar-refractivity contribution in [1.82, 2.24) is 49.5 Å². The third kappa shape index (κ3) is 22.4. The van der Waals surface area contributed by atoms with E-state index in [9.17, 15) is 0 Å². The maximum absolute atomic E-state index is 4.72. The van der Waals surface area contributed by atoms with E-state index in [0.29, 0.717) is 0 Å². The maximum Gasteiger partial charge on any atom is 0.190 e. The fraction of sp³-hybridized carbons (Fsp3) is 0.226. The molecule has 0 aliphatic carbocycles. The number of oxazole rings is 2. The molecule has 0 N–H and O–H groups in total. The fourth-order valence-electron chi connectivity index (χ4n) is 2.40. The van der Waals surface area contributed by atoms with Crippen LogP contribution < -0.4 is 0 Å². The van der Waals surface area contributed by atoms with E-state index in [4.69, 9.17) is 8.83 Å². The minimum atomic E-state index is 0.718. The maximum atomic E-state index is 4.72. The van der Waals surface area contributed by atoms with E-state index in [1.807, 2.05) is 83.0 Å². The van der Waals surface area contributed by atoms with Crippen molar-refractivity contribution in [3.63, 3.8) is 0 Å². The van der Waals surface area contributed by atoms with Gasteiger partial charge in [-0.1, -0.05) is 6.07 Å². The van der Waals surface area contributed by atoms with E-state index < -0.39 is 0 Å². The number of nitrogens with zero attached hydrogens (tertiary/aromatic N) is 10. The van der Waals surface area contributed by atoms with E-state index in [-0.39, 0.29) is 0 Å². The van der Waals surface area contributed by atoms with Crippen LogP contribution in [0.4, 0.5) is 0 Å². The molecule has 0 saturated heterocycles. The second kappa shape index (κ2) is 24.3. The van der Waals surface area contributed by atoms with E-state index >= 15 is 0 Å². The number of aromatic nitrogens is 10. The van der Waals surface area contributed by atoms with Gasteiger partial charge in [-0.3, -0.25) is 19.3 Å². The molecule has 0 spiro atoms. The summed E-state index contributed by atoms with van der Waals surface area (Å²) in [7, 11) is 3.78. The van der Waals surface area contributed by atoms with Gasteiger partial charge < -0.3 is 8.83 Å². The van der Waals surface area contributed by atoms with Gasteiger partial charge in [-0.25, -0.2) is 19.9 Å².